The average molecular weight is 277 g/mol. The van der Waals surface area contributed by atoms with Gasteiger partial charge in [-0.15, -0.1) is 11.1 Å². The second-order valence-electron chi connectivity index (χ2n) is 3.07. The van der Waals surface area contributed by atoms with E-state index in [0.29, 0.717) is 0 Å². The molecule has 1 aromatic rings. The third kappa shape index (κ3) is 1.94. The van der Waals surface area contributed by atoms with Crippen LogP contribution in [0.1, 0.15) is 0 Å². The van der Waals surface area contributed by atoms with Crippen molar-refractivity contribution in [3.63, 3.8) is 0 Å². The zero-order valence-corrected chi connectivity index (χ0v) is 9.93. The molecule has 1 rings (SSSR count). The lowest BCUT2D eigenvalue weighted by Crippen LogP contribution is -2.47. The van der Waals surface area contributed by atoms with Crippen LogP contribution >= 0.6 is 11.1 Å². The Balaban J connectivity index is 3.65. The zero-order chi connectivity index (χ0) is 12.7. The van der Waals surface area contributed by atoms with Crippen LogP contribution in [0.15, 0.2) is 0 Å². The van der Waals surface area contributed by atoms with Crippen molar-refractivity contribution in [2.45, 2.75) is 6.55 Å². The van der Waals surface area contributed by atoms with Gasteiger partial charge in [0.25, 0.3) is 0 Å². The van der Waals surface area contributed by atoms with Gasteiger partial charge >= 0.3 is 7.63 Å². The minimum atomic E-state index is -3.65. The molecule has 8 heteroatoms. The molecule has 0 amide bonds. The fourth-order valence-electron chi connectivity index (χ4n) is 1.10. The summed E-state index contributed by atoms with van der Waals surface area (Å²) in [5, 5.41) is -1.08. The highest BCUT2D eigenvalue weighted by Gasteiger charge is 2.39. The highest BCUT2D eigenvalue weighted by Crippen LogP contribution is 2.21. The van der Waals surface area contributed by atoms with Gasteiger partial charge in [-0.05, 0) is 6.55 Å². The molecule has 16 heavy (non-hydrogen) atoms. The van der Waals surface area contributed by atoms with E-state index in [2.05, 4.69) is 4.43 Å². The second kappa shape index (κ2) is 4.31. The van der Waals surface area contributed by atoms with Gasteiger partial charge in [0.15, 0.2) is 23.3 Å². The van der Waals surface area contributed by atoms with Gasteiger partial charge in [-0.25, -0.2) is 22.0 Å². The molecule has 0 aliphatic rings. The van der Waals surface area contributed by atoms with Crippen molar-refractivity contribution in [2.75, 3.05) is 7.11 Å². The Morgan fingerprint density at radius 3 is 1.50 bits per heavy atom. The molecular weight excluding hydrogens is 271 g/mol. The summed E-state index contributed by atoms with van der Waals surface area (Å²) in [7, 11) is -2.61. The lowest BCUT2D eigenvalue weighted by atomic mass is 10.3. The summed E-state index contributed by atoms with van der Waals surface area (Å²) in [6, 6.07) is 0. The third-order valence-corrected chi connectivity index (χ3v) is 5.17. The molecule has 0 spiro atoms. The maximum Gasteiger partial charge on any atom is 0.325 e. The highest BCUT2D eigenvalue weighted by molar-refractivity contribution is 7.23. The summed E-state index contributed by atoms with van der Waals surface area (Å²) in [5.74, 6) is -10.1. The summed E-state index contributed by atoms with van der Waals surface area (Å²) in [6.07, 6.45) is 0. The Labute approximate surface area is 93.6 Å². The first kappa shape index (κ1) is 13.4. The van der Waals surface area contributed by atoms with Gasteiger partial charge in [-0.1, -0.05) is 0 Å². The molecule has 0 aliphatic carbocycles. The van der Waals surface area contributed by atoms with Gasteiger partial charge in [0.2, 0.25) is 5.82 Å². The molecule has 0 saturated carbocycles. The topological polar surface area (TPSA) is 9.23 Å². The largest absolute Gasteiger partial charge is 0.403 e. The summed E-state index contributed by atoms with van der Waals surface area (Å²) in [5.41, 5.74) is 0. The molecule has 0 heterocycles. The van der Waals surface area contributed by atoms with Gasteiger partial charge in [-0.2, -0.15) is 0 Å². The fraction of sp³-hybridized carbons (Fsp3) is 0.250. The van der Waals surface area contributed by atoms with Crippen molar-refractivity contribution in [3.8, 4) is 0 Å². The van der Waals surface area contributed by atoms with E-state index >= 15 is 0 Å². The SMILES string of the molecule is CO[Si](C)(Cl)c1c(F)c(F)c(F)c(F)c1F. The fourth-order valence-corrected chi connectivity index (χ4v) is 2.80. The lowest BCUT2D eigenvalue weighted by Gasteiger charge is -2.19. The van der Waals surface area contributed by atoms with E-state index in [0.717, 1.165) is 13.7 Å². The summed E-state index contributed by atoms with van der Waals surface area (Å²) >= 11 is 5.63. The minimum absolute atomic E-state index is 1.04. The summed E-state index contributed by atoms with van der Waals surface area (Å²) < 4.78 is 69.4. The molecule has 1 atom stereocenters. The Bertz CT molecular complexity index is 408. The zero-order valence-electron chi connectivity index (χ0n) is 8.18. The maximum atomic E-state index is 13.2. The first-order chi connectivity index (χ1) is 7.24. The van der Waals surface area contributed by atoms with E-state index in [4.69, 9.17) is 11.1 Å². The number of benzene rings is 1. The van der Waals surface area contributed by atoms with Gasteiger partial charge in [0.05, 0.1) is 5.19 Å². The van der Waals surface area contributed by atoms with Crippen molar-refractivity contribution in [1.82, 2.24) is 0 Å². The Morgan fingerprint density at radius 2 is 1.19 bits per heavy atom. The van der Waals surface area contributed by atoms with E-state index < -0.39 is 41.9 Å². The molecule has 0 radical (unpaired) electrons. The molecule has 1 nitrogen and oxygen atoms in total. The smallest absolute Gasteiger partial charge is 0.325 e. The normalized spacial score (nSPS) is 15.0. The van der Waals surface area contributed by atoms with Crippen molar-refractivity contribution >= 4 is 23.9 Å². The monoisotopic (exact) mass is 276 g/mol. The first-order valence-electron chi connectivity index (χ1n) is 4.00. The van der Waals surface area contributed by atoms with E-state index in [9.17, 15) is 22.0 Å². The Hall–Kier alpha value is -0.663. The van der Waals surface area contributed by atoms with Gasteiger partial charge in [-0.3, -0.25) is 0 Å². The van der Waals surface area contributed by atoms with Gasteiger partial charge in [0, 0.05) is 7.11 Å². The maximum absolute atomic E-state index is 13.2. The molecule has 1 unspecified atom stereocenters. The molecule has 1 aromatic carbocycles. The Morgan fingerprint density at radius 1 is 0.875 bits per heavy atom. The van der Waals surface area contributed by atoms with Crippen LogP contribution in [0.2, 0.25) is 6.55 Å². The van der Waals surface area contributed by atoms with Gasteiger partial charge < -0.3 is 4.43 Å². The van der Waals surface area contributed by atoms with Crippen LogP contribution in [0.3, 0.4) is 0 Å². The van der Waals surface area contributed by atoms with E-state index in [1.165, 1.54) is 0 Å². The number of rotatable bonds is 2. The average Bonchev–Trinajstić information content (AvgIpc) is 2.23. The van der Waals surface area contributed by atoms with Crippen LogP contribution in [-0.4, -0.2) is 14.7 Å². The quantitative estimate of drug-likeness (QED) is 0.265. The van der Waals surface area contributed by atoms with E-state index in [1.54, 1.807) is 0 Å². The molecule has 0 N–H and O–H groups in total. The Kier molecular flexibility index (Phi) is 3.61. The number of hydrogen-bond acceptors (Lipinski definition) is 1. The van der Waals surface area contributed by atoms with Crippen LogP contribution in [-0.2, 0) is 4.43 Å². The van der Waals surface area contributed by atoms with E-state index in [1.807, 2.05) is 0 Å². The molecule has 0 bridgehead atoms. The molecular formula is C8H6ClF5OSi. The summed E-state index contributed by atoms with van der Waals surface area (Å²) in [4.78, 5) is 0. The lowest BCUT2D eigenvalue weighted by molar-refractivity contribution is 0.377. The van der Waals surface area contributed by atoms with Crippen LogP contribution in [0.5, 0.6) is 0 Å². The third-order valence-electron chi connectivity index (χ3n) is 2.04. The van der Waals surface area contributed by atoms with Crippen molar-refractivity contribution in [2.24, 2.45) is 0 Å². The van der Waals surface area contributed by atoms with Crippen LogP contribution in [0, 0.1) is 29.1 Å². The van der Waals surface area contributed by atoms with Crippen molar-refractivity contribution in [3.05, 3.63) is 29.1 Å². The standard InChI is InChI=1S/C8H6ClF5OSi/c1-15-16(2,9)8-6(13)4(11)3(10)5(12)7(8)14/h1-2H3. The second-order valence-corrected chi connectivity index (χ2v) is 7.97. The number of hydrogen-bond donors (Lipinski definition) is 0. The molecule has 0 aromatic heterocycles. The molecule has 0 fully saturated rings. The molecule has 90 valence electrons. The van der Waals surface area contributed by atoms with Crippen LogP contribution in [0.25, 0.3) is 0 Å². The number of halogens is 6. The van der Waals surface area contributed by atoms with Crippen LogP contribution in [0.4, 0.5) is 22.0 Å². The predicted octanol–water partition coefficient (Wildman–Crippen LogP) is 2.55. The first-order valence-corrected chi connectivity index (χ1v) is 7.42. The molecule has 0 saturated heterocycles. The van der Waals surface area contributed by atoms with Crippen LogP contribution < -0.4 is 5.19 Å². The van der Waals surface area contributed by atoms with Gasteiger partial charge in [0.1, 0.15) is 0 Å². The van der Waals surface area contributed by atoms with Crippen molar-refractivity contribution < 1.29 is 26.4 Å². The predicted molar refractivity (Wildman–Crippen MR) is 50.3 cm³/mol. The molecule has 0 aliphatic heterocycles. The van der Waals surface area contributed by atoms with Crippen molar-refractivity contribution in [1.29, 1.82) is 0 Å². The highest BCUT2D eigenvalue weighted by atomic mass is 35.6. The minimum Gasteiger partial charge on any atom is -0.403 e. The van der Waals surface area contributed by atoms with E-state index in [-0.39, 0.29) is 0 Å². The summed E-state index contributed by atoms with van der Waals surface area (Å²) in [6.45, 7) is 1.10.